The van der Waals surface area contributed by atoms with Gasteiger partial charge in [-0.15, -0.1) is 0 Å². The highest BCUT2D eigenvalue weighted by molar-refractivity contribution is 5.99. The monoisotopic (exact) mass is 1280 g/mol. The number of ether oxygens (including phenoxy) is 5. The lowest BCUT2D eigenvalue weighted by atomic mass is 10.0. The lowest BCUT2D eigenvalue weighted by Crippen LogP contribution is -2.53. The average molecular weight is 1280 g/mol. The standard InChI is InChI=1S/C31H32F4N4O7.C30H30F4N4O7/c1-17-12-20(38-9-11-46-16-25(38)31(33,34)35)14-22(32)26(17)27(40)36-23(29(42)44-3)13-18-4-6-19(7-5-18)39-28(41)21-8-10-45-15-24(21)37(2)30(39)43;1-16-11-19(37-8-10-45-15-24(37)30(32,33)34)13-21(31)25(16)26(39)35-22(28(41)42)12-17-3-5-18(6-4-17)38-27(40)20-7-9-44-14-23(20)36(2)29(38)43/h4-7,12,14,23,25H,8-11,13,15-16H2,1-3H3,(H,36,40);3-6,11,13,22,24H,7-10,12,14-15H2,1-2H3,(H,35,39)(H,41,42)/t23-,25+;22-,24+/m00/s1. The van der Waals surface area contributed by atoms with Gasteiger partial charge in [-0.2, -0.15) is 26.3 Å². The van der Waals surface area contributed by atoms with Crippen LogP contribution in [-0.2, 0) is 86.3 Å². The molecule has 0 spiro atoms. The molecule has 91 heavy (non-hydrogen) atoms. The highest BCUT2D eigenvalue weighted by atomic mass is 19.4. The number of fused-ring (bicyclic) bond motifs is 2. The van der Waals surface area contributed by atoms with Crippen LogP contribution in [-0.4, -0.2) is 143 Å². The number of carboxylic acid groups (broad SMARTS) is 1. The molecule has 0 bridgehead atoms. The van der Waals surface area contributed by atoms with Gasteiger partial charge in [0.15, 0.2) is 0 Å². The van der Waals surface area contributed by atoms with Crippen LogP contribution in [0.3, 0.4) is 0 Å². The summed E-state index contributed by atoms with van der Waals surface area (Å²) >= 11 is 0. The van der Waals surface area contributed by atoms with Crippen LogP contribution in [0.15, 0.2) is 92.0 Å². The van der Waals surface area contributed by atoms with Crippen LogP contribution in [0.5, 0.6) is 0 Å². The molecule has 6 heterocycles. The number of aromatic nitrogens is 4. The van der Waals surface area contributed by atoms with E-state index in [1.165, 1.54) is 71.5 Å². The molecule has 4 atom stereocenters. The normalized spacial score (nSPS) is 17.4. The van der Waals surface area contributed by atoms with E-state index in [1.807, 2.05) is 0 Å². The topological polar surface area (TPSA) is 253 Å². The summed E-state index contributed by atoms with van der Waals surface area (Å²) in [6.45, 7) is 2.29. The fraction of sp³-hybridized carbons (Fsp3) is 0.410. The molecule has 0 radical (unpaired) electrons. The Balaban J connectivity index is 0.000000215. The van der Waals surface area contributed by atoms with Crippen molar-refractivity contribution in [1.29, 1.82) is 0 Å². The quantitative estimate of drug-likeness (QED) is 0.0996. The van der Waals surface area contributed by atoms with Crippen molar-refractivity contribution in [3.05, 3.63) is 182 Å². The van der Waals surface area contributed by atoms with Crippen LogP contribution in [0, 0.1) is 25.5 Å². The number of nitrogens with one attached hydrogen (secondary N) is 2. The maximum atomic E-state index is 15.3. The van der Waals surface area contributed by atoms with E-state index >= 15 is 8.78 Å². The van der Waals surface area contributed by atoms with E-state index in [9.17, 15) is 69.8 Å². The molecule has 486 valence electrons. The van der Waals surface area contributed by atoms with E-state index in [0.717, 1.165) is 38.2 Å². The van der Waals surface area contributed by atoms with Crippen LogP contribution in [0.2, 0.25) is 0 Å². The van der Waals surface area contributed by atoms with Gasteiger partial charge in [0, 0.05) is 75.4 Å². The number of alkyl halides is 6. The summed E-state index contributed by atoms with van der Waals surface area (Å²) in [6.07, 6.45) is -8.85. The molecule has 22 nitrogen and oxygen atoms in total. The Morgan fingerprint density at radius 2 is 0.967 bits per heavy atom. The van der Waals surface area contributed by atoms with Gasteiger partial charge in [0.2, 0.25) is 0 Å². The first-order valence-corrected chi connectivity index (χ1v) is 28.5. The van der Waals surface area contributed by atoms with Crippen molar-refractivity contribution in [3.8, 4) is 11.4 Å². The maximum Gasteiger partial charge on any atom is 0.411 e. The third-order valence-corrected chi connectivity index (χ3v) is 16.2. The number of aryl methyl sites for hydroxylation is 2. The van der Waals surface area contributed by atoms with Gasteiger partial charge < -0.3 is 49.2 Å². The molecule has 10 rings (SSSR count). The predicted molar refractivity (Wildman–Crippen MR) is 309 cm³/mol. The minimum atomic E-state index is -4.63. The Morgan fingerprint density at radius 1 is 0.582 bits per heavy atom. The number of methoxy groups -OCH3 is 1. The first-order chi connectivity index (χ1) is 43.1. The van der Waals surface area contributed by atoms with Crippen LogP contribution in [0.4, 0.5) is 46.5 Å². The number of morpholine rings is 2. The van der Waals surface area contributed by atoms with E-state index in [-0.39, 0.29) is 80.5 Å². The first-order valence-electron chi connectivity index (χ1n) is 28.5. The summed E-state index contributed by atoms with van der Waals surface area (Å²) in [5.74, 6) is -6.41. The Morgan fingerprint density at radius 3 is 1.33 bits per heavy atom. The second-order valence-electron chi connectivity index (χ2n) is 22.0. The molecule has 0 aliphatic carbocycles. The van der Waals surface area contributed by atoms with Crippen molar-refractivity contribution in [3.63, 3.8) is 0 Å². The van der Waals surface area contributed by atoms with Crippen LogP contribution < -0.4 is 42.9 Å². The van der Waals surface area contributed by atoms with Gasteiger partial charge in [-0.1, -0.05) is 24.3 Å². The SMILES string of the molecule is COC(=O)[C@H](Cc1ccc(-n2c(=O)c3c(n(C)c2=O)COCC3)cc1)NC(=O)c1c(C)cc(N2CCOC[C@@H]2C(F)(F)F)cc1F.Cc1cc(N2CCOC[C@@H]2C(F)(F)F)cc(F)c1C(=O)N[C@@H](Cc1ccc(-n2c(=O)c3c(n(C)c2=O)COCC3)cc1)C(=O)O. The van der Waals surface area contributed by atoms with E-state index in [1.54, 1.807) is 26.2 Å². The van der Waals surface area contributed by atoms with Crippen LogP contribution in [0.1, 0.15) is 65.5 Å². The Hall–Kier alpha value is -9.00. The number of halogens is 8. The van der Waals surface area contributed by atoms with Crippen molar-refractivity contribution in [2.45, 2.75) is 89.3 Å². The Labute approximate surface area is 512 Å². The van der Waals surface area contributed by atoms with Gasteiger partial charge in [0.1, 0.15) is 35.8 Å². The summed E-state index contributed by atoms with van der Waals surface area (Å²) in [7, 11) is 4.22. The van der Waals surface area contributed by atoms with Crippen molar-refractivity contribution >= 4 is 35.1 Å². The highest BCUT2D eigenvalue weighted by Crippen LogP contribution is 2.35. The zero-order valence-electron chi connectivity index (χ0n) is 49.6. The van der Waals surface area contributed by atoms with Crippen molar-refractivity contribution in [1.82, 2.24) is 28.9 Å². The molecule has 4 aliphatic rings. The number of esters is 1. The number of carbonyl (C=O) groups is 4. The molecule has 0 saturated carbocycles. The van der Waals surface area contributed by atoms with Gasteiger partial charge in [0.25, 0.3) is 22.9 Å². The summed E-state index contributed by atoms with van der Waals surface area (Å²) in [5.41, 5.74) is 0.516. The number of aliphatic carboxylic acids is 1. The number of hydrogen-bond acceptors (Lipinski definition) is 15. The van der Waals surface area contributed by atoms with Crippen LogP contribution >= 0.6 is 0 Å². The van der Waals surface area contributed by atoms with Crippen molar-refractivity contribution in [2.75, 3.05) is 69.6 Å². The number of anilines is 2. The number of rotatable bonds is 14. The molecular formula is C61H62F8N8O14. The molecule has 3 N–H and O–H groups in total. The summed E-state index contributed by atoms with van der Waals surface area (Å²) in [4.78, 5) is 105. The number of benzene rings is 4. The molecule has 2 aromatic heterocycles. The molecule has 6 aromatic rings. The largest absolute Gasteiger partial charge is 0.480 e. The van der Waals surface area contributed by atoms with E-state index in [2.05, 4.69) is 10.6 Å². The summed E-state index contributed by atoms with van der Waals surface area (Å²) < 4.78 is 142. The third kappa shape index (κ3) is 14.2. The van der Waals surface area contributed by atoms with E-state index < -0.39 is 119 Å². The molecular weight excluding hydrogens is 1220 g/mol. The predicted octanol–water partition coefficient (Wildman–Crippen LogP) is 4.59. The van der Waals surface area contributed by atoms with Gasteiger partial charge in [0.05, 0.1) is 93.9 Å². The lowest BCUT2D eigenvalue weighted by Gasteiger charge is -2.38. The van der Waals surface area contributed by atoms with E-state index in [4.69, 9.17) is 23.7 Å². The van der Waals surface area contributed by atoms with Crippen LogP contribution in [0.25, 0.3) is 11.4 Å². The van der Waals surface area contributed by atoms with Gasteiger partial charge in [-0.3, -0.25) is 28.3 Å². The number of hydrogen-bond donors (Lipinski definition) is 3. The Kier molecular flexibility index (Phi) is 19.9. The number of carbonyl (C=O) groups excluding carboxylic acids is 3. The van der Waals surface area contributed by atoms with Crippen molar-refractivity contribution in [2.24, 2.45) is 14.1 Å². The lowest BCUT2D eigenvalue weighted by molar-refractivity contribution is -0.167. The average Bonchev–Trinajstić information content (AvgIpc) is 0.804. The molecule has 2 saturated heterocycles. The molecule has 4 aliphatic heterocycles. The second kappa shape index (κ2) is 27.2. The molecule has 2 amide bonds. The van der Waals surface area contributed by atoms with Crippen molar-refractivity contribution < 1.29 is 83.1 Å². The van der Waals surface area contributed by atoms with Gasteiger partial charge in [-0.25, -0.2) is 37.1 Å². The minimum absolute atomic E-state index is 0.00684. The number of nitrogens with zero attached hydrogens (tertiary/aromatic N) is 6. The zero-order chi connectivity index (χ0) is 66.0. The smallest absolute Gasteiger partial charge is 0.411 e. The molecule has 0 unspecified atom stereocenters. The summed E-state index contributed by atoms with van der Waals surface area (Å²) in [6, 6.07) is 9.66. The maximum absolute atomic E-state index is 15.3. The van der Waals surface area contributed by atoms with Gasteiger partial charge in [-0.05, 0) is 84.6 Å². The van der Waals surface area contributed by atoms with Gasteiger partial charge >= 0.3 is 35.7 Å². The summed E-state index contributed by atoms with van der Waals surface area (Å²) in [5, 5.41) is 14.6. The minimum Gasteiger partial charge on any atom is -0.480 e. The highest BCUT2D eigenvalue weighted by Gasteiger charge is 2.47. The number of amides is 2. The third-order valence-electron chi connectivity index (χ3n) is 16.2. The number of carboxylic acids is 1. The Bertz CT molecular complexity index is 3990. The zero-order valence-corrected chi connectivity index (χ0v) is 49.6. The molecule has 30 heteroatoms. The fourth-order valence-electron chi connectivity index (χ4n) is 11.4. The molecule has 4 aromatic carbocycles. The first kappa shape index (κ1) is 66.4. The van der Waals surface area contributed by atoms with E-state index in [0.29, 0.717) is 65.4 Å². The molecule has 2 fully saturated rings. The second-order valence-corrected chi connectivity index (χ2v) is 22.0. The fourth-order valence-corrected chi connectivity index (χ4v) is 11.4.